The molecule has 1 aromatic rings. The standard InChI is InChI=1S/C4H6N2OS3.HI/c5-3-6-4(10-9-3)8-2-1-7;/h5,7H,1-2H2;1H. The molecule has 0 amide bonds. The van der Waals surface area contributed by atoms with Crippen molar-refractivity contribution in [2.45, 2.75) is 4.34 Å². The summed E-state index contributed by atoms with van der Waals surface area (Å²) in [4.78, 5) is 4.62. The number of hydrogen-bond donors (Lipinski definition) is 2. The predicted octanol–water partition coefficient (Wildman–Crippen LogP) is -4.05. The van der Waals surface area contributed by atoms with Gasteiger partial charge in [-0.3, -0.25) is 5.41 Å². The van der Waals surface area contributed by atoms with E-state index in [-0.39, 0.29) is 30.6 Å². The number of nitrogens with two attached hydrogens (primary N) is 1. The average Bonchev–Trinajstić information content (AvgIpc) is 2.31. The monoisotopic (exact) mass is 322 g/mol. The number of nitrogens with zero attached hydrogens (tertiary/aromatic N) is 1. The second-order valence-corrected chi connectivity index (χ2v) is 4.94. The zero-order valence-corrected chi connectivity index (χ0v) is 10.1. The summed E-state index contributed by atoms with van der Waals surface area (Å²) in [6.45, 7) is 0.189. The minimum absolute atomic E-state index is 0. The van der Waals surface area contributed by atoms with Gasteiger partial charge in [0, 0.05) is 16.1 Å². The lowest BCUT2D eigenvalue weighted by Gasteiger charge is -1.83. The van der Waals surface area contributed by atoms with Crippen LogP contribution in [0, 0.1) is 0 Å². The minimum atomic E-state index is 0. The van der Waals surface area contributed by atoms with Crippen molar-refractivity contribution in [1.82, 2.24) is 4.98 Å². The summed E-state index contributed by atoms with van der Waals surface area (Å²) in [7, 11) is 3.01. The molecule has 11 heavy (non-hydrogen) atoms. The zero-order chi connectivity index (χ0) is 7.40. The van der Waals surface area contributed by atoms with Gasteiger partial charge in [0.1, 0.15) is 0 Å². The van der Waals surface area contributed by atoms with Gasteiger partial charge in [0.15, 0.2) is 0 Å². The van der Waals surface area contributed by atoms with E-state index in [0.717, 1.165) is 4.34 Å². The molecule has 0 aliphatic rings. The van der Waals surface area contributed by atoms with E-state index in [4.69, 9.17) is 10.5 Å². The summed E-state index contributed by atoms with van der Waals surface area (Å²) < 4.78 is 0.941. The molecule has 0 radical (unpaired) electrons. The average molecular weight is 322 g/mol. The Kier molecular flexibility index (Phi) is 6.82. The number of halogens is 1. The molecule has 0 saturated carbocycles. The van der Waals surface area contributed by atoms with Gasteiger partial charge in [-0.1, -0.05) is 11.8 Å². The SMILES string of the molecule is [I-].[NH2+]=c1nc(SCCO)ss1. The molecule has 64 valence electrons. The molecule has 0 aliphatic carbocycles. The van der Waals surface area contributed by atoms with Crippen molar-refractivity contribution in [1.29, 1.82) is 0 Å². The topological polar surface area (TPSA) is 58.7 Å². The first-order valence-electron chi connectivity index (χ1n) is 2.62. The minimum Gasteiger partial charge on any atom is -1.00 e. The Hall–Kier alpha value is 0.820. The molecule has 0 fully saturated rings. The number of aliphatic hydroxyl groups is 1. The second kappa shape index (κ2) is 6.35. The molecule has 0 aromatic carbocycles. The molecule has 1 rings (SSSR count). The largest absolute Gasteiger partial charge is 1.00 e. The van der Waals surface area contributed by atoms with E-state index in [1.807, 2.05) is 0 Å². The summed E-state index contributed by atoms with van der Waals surface area (Å²) in [6, 6.07) is 0. The van der Waals surface area contributed by atoms with Gasteiger partial charge in [-0.05, 0) is 15.3 Å². The molecule has 0 aliphatic heterocycles. The predicted molar refractivity (Wildman–Crippen MR) is 42.9 cm³/mol. The van der Waals surface area contributed by atoms with Crippen molar-refractivity contribution in [2.24, 2.45) is 0 Å². The lowest BCUT2D eigenvalue weighted by Crippen LogP contribution is -3.00. The summed E-state index contributed by atoms with van der Waals surface area (Å²) >= 11 is 1.53. The van der Waals surface area contributed by atoms with Crippen molar-refractivity contribution >= 4 is 32.4 Å². The Bertz CT molecular complexity index is 247. The van der Waals surface area contributed by atoms with E-state index in [1.165, 1.54) is 22.1 Å². The van der Waals surface area contributed by atoms with Gasteiger partial charge in [0.25, 0.3) is 4.34 Å². The summed E-state index contributed by atoms with van der Waals surface area (Å²) in [5.41, 5.74) is 0. The molecule has 1 heterocycles. The highest BCUT2D eigenvalue weighted by Gasteiger charge is 2.04. The van der Waals surface area contributed by atoms with Gasteiger partial charge < -0.3 is 29.1 Å². The lowest BCUT2D eigenvalue weighted by atomic mass is 10.9. The lowest BCUT2D eigenvalue weighted by molar-refractivity contribution is -0.172. The quantitative estimate of drug-likeness (QED) is 0.338. The van der Waals surface area contributed by atoms with Crippen LogP contribution in [0.5, 0.6) is 0 Å². The molecule has 7 heteroatoms. The Labute approximate surface area is 92.8 Å². The third kappa shape index (κ3) is 4.41. The molecule has 0 atom stereocenters. The summed E-state index contributed by atoms with van der Waals surface area (Å²) in [6.07, 6.45) is 0. The second-order valence-electron chi connectivity index (χ2n) is 1.45. The highest BCUT2D eigenvalue weighted by Crippen LogP contribution is 2.19. The Morgan fingerprint density at radius 2 is 2.27 bits per heavy atom. The van der Waals surface area contributed by atoms with E-state index in [1.54, 1.807) is 10.3 Å². The fraction of sp³-hybridized carbons (Fsp3) is 0.500. The summed E-state index contributed by atoms with van der Waals surface area (Å²) in [5, 5.41) is 13.9. The van der Waals surface area contributed by atoms with Crippen molar-refractivity contribution in [3.63, 3.8) is 0 Å². The molecule has 3 nitrogen and oxygen atoms in total. The normalized spacial score (nSPS) is 9.18. The maximum atomic E-state index is 8.46. The van der Waals surface area contributed by atoms with Crippen molar-refractivity contribution in [2.75, 3.05) is 12.4 Å². The van der Waals surface area contributed by atoms with Gasteiger partial charge in [-0.15, -0.1) is 0 Å². The van der Waals surface area contributed by atoms with E-state index < -0.39 is 0 Å². The van der Waals surface area contributed by atoms with Gasteiger partial charge >= 0.3 is 4.80 Å². The number of aromatic nitrogens is 1. The van der Waals surface area contributed by atoms with E-state index in [0.29, 0.717) is 10.6 Å². The zero-order valence-electron chi connectivity index (χ0n) is 5.49. The molecule has 1 aromatic heterocycles. The van der Waals surface area contributed by atoms with Crippen LogP contribution in [0.15, 0.2) is 4.34 Å². The molecule has 0 saturated heterocycles. The first-order chi connectivity index (χ1) is 4.83. The smallest absolute Gasteiger partial charge is 0.385 e. The van der Waals surface area contributed by atoms with E-state index in [2.05, 4.69) is 4.98 Å². The molecule has 0 unspecified atom stereocenters. The van der Waals surface area contributed by atoms with Gasteiger partial charge in [-0.25, -0.2) is 0 Å². The Morgan fingerprint density at radius 1 is 1.55 bits per heavy atom. The molecule has 0 spiro atoms. The van der Waals surface area contributed by atoms with Crippen LogP contribution < -0.4 is 34.2 Å². The number of rotatable bonds is 3. The van der Waals surface area contributed by atoms with Crippen LogP contribution in [0.4, 0.5) is 0 Å². The van der Waals surface area contributed by atoms with E-state index in [9.17, 15) is 0 Å². The fourth-order valence-corrected chi connectivity index (χ4v) is 3.24. The first-order valence-corrected chi connectivity index (χ1v) is 5.76. The van der Waals surface area contributed by atoms with Crippen LogP contribution in [0.3, 0.4) is 0 Å². The van der Waals surface area contributed by atoms with E-state index >= 15 is 0 Å². The Morgan fingerprint density at radius 3 is 2.73 bits per heavy atom. The maximum Gasteiger partial charge on any atom is 0.385 e. The van der Waals surface area contributed by atoms with Crippen LogP contribution in [0.2, 0.25) is 0 Å². The third-order valence-corrected chi connectivity index (χ3v) is 4.18. The van der Waals surface area contributed by atoms with Crippen LogP contribution in [-0.4, -0.2) is 22.5 Å². The van der Waals surface area contributed by atoms with Gasteiger partial charge in [0.2, 0.25) is 0 Å². The summed E-state index contributed by atoms with van der Waals surface area (Å²) in [5.74, 6) is 0.694. The maximum absolute atomic E-state index is 8.46. The van der Waals surface area contributed by atoms with Crippen molar-refractivity contribution in [3.8, 4) is 0 Å². The van der Waals surface area contributed by atoms with Gasteiger partial charge in [-0.2, -0.15) is 0 Å². The van der Waals surface area contributed by atoms with Crippen molar-refractivity contribution in [3.05, 3.63) is 4.80 Å². The van der Waals surface area contributed by atoms with Crippen LogP contribution in [0.25, 0.3) is 0 Å². The molecular weight excluding hydrogens is 315 g/mol. The first kappa shape index (κ1) is 11.8. The number of hydrogen-bond acceptors (Lipinski definition) is 5. The van der Waals surface area contributed by atoms with Crippen LogP contribution in [0.1, 0.15) is 0 Å². The van der Waals surface area contributed by atoms with Crippen LogP contribution in [-0.2, 0) is 0 Å². The number of aliphatic hydroxyl groups excluding tert-OH is 1. The fourth-order valence-electron chi connectivity index (χ4n) is 0.395. The van der Waals surface area contributed by atoms with Crippen molar-refractivity contribution < 1.29 is 34.5 Å². The third-order valence-electron chi connectivity index (χ3n) is 0.717. The highest BCUT2D eigenvalue weighted by atomic mass is 127. The Balaban J connectivity index is 0.000001000. The molecule has 0 bridgehead atoms. The number of thioether (sulfide) groups is 1. The van der Waals surface area contributed by atoms with Crippen LogP contribution >= 0.6 is 32.4 Å². The molecule has 3 N–H and O–H groups in total. The highest BCUT2D eigenvalue weighted by molar-refractivity contribution is 8.02. The molecular formula is C4H7IN2OS3. The van der Waals surface area contributed by atoms with Gasteiger partial charge in [0.05, 0.1) is 6.61 Å².